The van der Waals surface area contributed by atoms with Gasteiger partial charge in [-0.1, -0.05) is 17.3 Å². The van der Waals surface area contributed by atoms with Gasteiger partial charge in [0.25, 0.3) is 0 Å². The van der Waals surface area contributed by atoms with Crippen molar-refractivity contribution in [2.24, 2.45) is 0 Å². The minimum atomic E-state index is 0.0709. The lowest BCUT2D eigenvalue weighted by atomic mass is 10.1. The van der Waals surface area contributed by atoms with Crippen LogP contribution in [0, 0.1) is 11.3 Å². The Kier molecular flexibility index (Phi) is 6.32. The Balaban J connectivity index is 1.44. The molecular formula is C22H23N5O3. The molecule has 3 aromatic rings. The van der Waals surface area contributed by atoms with Crippen LogP contribution in [0.15, 0.2) is 47.1 Å². The second-order valence-corrected chi connectivity index (χ2v) is 7.12. The maximum atomic E-state index is 9.12. The van der Waals surface area contributed by atoms with Crippen molar-refractivity contribution >= 4 is 0 Å². The molecule has 4 rings (SSSR count). The minimum Gasteiger partial charge on any atom is -0.475 e. The highest BCUT2D eigenvalue weighted by molar-refractivity contribution is 5.53. The first-order valence-corrected chi connectivity index (χ1v) is 9.91. The molecule has 0 bridgehead atoms. The first-order valence-electron chi connectivity index (χ1n) is 9.91. The molecule has 2 aromatic heterocycles. The molecule has 0 spiro atoms. The first kappa shape index (κ1) is 20.0. The van der Waals surface area contributed by atoms with Crippen LogP contribution in [0.1, 0.15) is 35.9 Å². The third-order valence-corrected chi connectivity index (χ3v) is 5.06. The van der Waals surface area contributed by atoms with Crippen LogP contribution in [0.2, 0.25) is 0 Å². The number of ether oxygens (including phenoxy) is 2. The Bertz CT molecular complexity index is 1010. The molecule has 3 heterocycles. The van der Waals surface area contributed by atoms with Crippen molar-refractivity contribution in [1.29, 1.82) is 5.26 Å². The van der Waals surface area contributed by atoms with Crippen LogP contribution in [0.3, 0.4) is 0 Å². The van der Waals surface area contributed by atoms with E-state index in [-0.39, 0.29) is 6.04 Å². The predicted octanol–water partition coefficient (Wildman–Crippen LogP) is 3.37. The predicted molar refractivity (Wildman–Crippen MR) is 108 cm³/mol. The molecule has 1 fully saturated rings. The van der Waals surface area contributed by atoms with E-state index in [1.54, 1.807) is 19.4 Å². The van der Waals surface area contributed by atoms with Crippen LogP contribution in [0.4, 0.5) is 0 Å². The molecule has 0 N–H and O–H groups in total. The molecule has 154 valence electrons. The smallest absolute Gasteiger partial charge is 0.244 e. The van der Waals surface area contributed by atoms with Gasteiger partial charge in [0, 0.05) is 31.5 Å². The van der Waals surface area contributed by atoms with Crippen LogP contribution in [-0.4, -0.2) is 46.9 Å². The summed E-state index contributed by atoms with van der Waals surface area (Å²) in [5, 5.41) is 13.3. The number of nitrogens with zero attached hydrogens (tertiary/aromatic N) is 5. The quantitative estimate of drug-likeness (QED) is 0.526. The van der Waals surface area contributed by atoms with Crippen molar-refractivity contribution in [3.05, 3.63) is 59.6 Å². The van der Waals surface area contributed by atoms with E-state index in [0.29, 0.717) is 36.4 Å². The zero-order valence-electron chi connectivity index (χ0n) is 16.8. The highest BCUT2D eigenvalue weighted by Gasteiger charge is 2.30. The van der Waals surface area contributed by atoms with Gasteiger partial charge in [-0.25, -0.2) is 4.98 Å². The van der Waals surface area contributed by atoms with Crippen molar-refractivity contribution in [1.82, 2.24) is 20.0 Å². The number of methoxy groups -OCH3 is 1. The fourth-order valence-corrected chi connectivity index (χ4v) is 3.58. The third kappa shape index (κ3) is 4.64. The van der Waals surface area contributed by atoms with Crippen molar-refractivity contribution < 1.29 is 14.0 Å². The fraction of sp³-hybridized carbons (Fsp3) is 0.364. The largest absolute Gasteiger partial charge is 0.475 e. The Hall–Kier alpha value is -3.28. The summed E-state index contributed by atoms with van der Waals surface area (Å²) in [6.45, 7) is 2.65. The van der Waals surface area contributed by atoms with Gasteiger partial charge >= 0.3 is 0 Å². The molecule has 1 aliphatic rings. The average molecular weight is 405 g/mol. The van der Waals surface area contributed by atoms with Gasteiger partial charge in [0.1, 0.15) is 6.61 Å². The standard InChI is InChI=1S/C22H23N5O3/c1-28-10-11-29-20-8-7-18(14-24-20)21-25-22(30-26-21)19-6-3-9-27(19)15-17-5-2-4-16(12-17)13-23/h2,4-5,7-8,12,14,19H,3,6,9-11,15H2,1H3. The Labute approximate surface area is 175 Å². The van der Waals surface area contributed by atoms with Gasteiger partial charge < -0.3 is 14.0 Å². The number of aromatic nitrogens is 3. The first-order chi connectivity index (χ1) is 14.8. The normalized spacial score (nSPS) is 16.5. The number of nitriles is 1. The molecular weight excluding hydrogens is 382 g/mol. The summed E-state index contributed by atoms with van der Waals surface area (Å²) in [5.41, 5.74) is 2.55. The van der Waals surface area contributed by atoms with Gasteiger partial charge in [0.05, 0.1) is 24.3 Å². The van der Waals surface area contributed by atoms with Gasteiger partial charge in [0.15, 0.2) is 0 Å². The molecule has 1 aliphatic heterocycles. The average Bonchev–Trinajstić information content (AvgIpc) is 3.44. The topological polar surface area (TPSA) is 97.3 Å². The summed E-state index contributed by atoms with van der Waals surface area (Å²) in [4.78, 5) is 11.2. The fourth-order valence-electron chi connectivity index (χ4n) is 3.58. The zero-order chi connectivity index (χ0) is 20.8. The van der Waals surface area contributed by atoms with Gasteiger partial charge in [-0.15, -0.1) is 0 Å². The Morgan fingerprint density at radius 2 is 2.20 bits per heavy atom. The molecule has 8 heteroatoms. The molecule has 1 unspecified atom stereocenters. The van der Waals surface area contributed by atoms with Crippen molar-refractivity contribution in [2.75, 3.05) is 26.9 Å². The molecule has 8 nitrogen and oxygen atoms in total. The number of benzene rings is 1. The molecule has 30 heavy (non-hydrogen) atoms. The van der Waals surface area contributed by atoms with Crippen LogP contribution >= 0.6 is 0 Å². The maximum Gasteiger partial charge on any atom is 0.244 e. The van der Waals surface area contributed by atoms with Crippen LogP contribution in [0.5, 0.6) is 5.88 Å². The molecule has 1 saturated heterocycles. The van der Waals surface area contributed by atoms with E-state index >= 15 is 0 Å². The van der Waals surface area contributed by atoms with Gasteiger partial charge in [-0.2, -0.15) is 10.2 Å². The number of likely N-dealkylation sites (tertiary alicyclic amines) is 1. The summed E-state index contributed by atoms with van der Waals surface area (Å²) in [6.07, 6.45) is 3.70. The minimum absolute atomic E-state index is 0.0709. The summed E-state index contributed by atoms with van der Waals surface area (Å²) >= 11 is 0. The molecule has 0 amide bonds. The summed E-state index contributed by atoms with van der Waals surface area (Å²) in [6, 6.07) is 13.6. The zero-order valence-corrected chi connectivity index (χ0v) is 16.8. The monoisotopic (exact) mass is 405 g/mol. The molecule has 1 atom stereocenters. The summed E-state index contributed by atoms with van der Waals surface area (Å²) in [7, 11) is 1.63. The summed E-state index contributed by atoms with van der Waals surface area (Å²) in [5.74, 6) is 1.65. The molecule has 0 aliphatic carbocycles. The maximum absolute atomic E-state index is 9.12. The SMILES string of the molecule is COCCOc1ccc(-c2noc(C3CCCN3Cc3cccc(C#N)c3)n2)cn1. The number of hydrogen-bond donors (Lipinski definition) is 0. The van der Waals surface area contributed by atoms with E-state index in [4.69, 9.17) is 19.3 Å². The van der Waals surface area contributed by atoms with Gasteiger partial charge in [-0.05, 0) is 43.1 Å². The molecule has 0 saturated carbocycles. The van der Waals surface area contributed by atoms with Crippen molar-refractivity contribution in [2.45, 2.75) is 25.4 Å². The van der Waals surface area contributed by atoms with E-state index in [1.165, 1.54) is 0 Å². The van der Waals surface area contributed by atoms with Crippen LogP contribution in [0.25, 0.3) is 11.4 Å². The Morgan fingerprint density at radius 3 is 3.00 bits per heavy atom. The number of rotatable bonds is 8. The van der Waals surface area contributed by atoms with Crippen molar-refractivity contribution in [3.8, 4) is 23.3 Å². The van der Waals surface area contributed by atoms with E-state index < -0.39 is 0 Å². The van der Waals surface area contributed by atoms with Crippen molar-refractivity contribution in [3.63, 3.8) is 0 Å². The van der Waals surface area contributed by atoms with Crippen LogP contribution in [-0.2, 0) is 11.3 Å². The summed E-state index contributed by atoms with van der Waals surface area (Å²) < 4.78 is 16.0. The number of pyridine rings is 1. The van der Waals surface area contributed by atoms with Gasteiger partial charge in [0.2, 0.25) is 17.6 Å². The van der Waals surface area contributed by atoms with Gasteiger partial charge in [-0.3, -0.25) is 4.90 Å². The van der Waals surface area contributed by atoms with E-state index in [0.717, 1.165) is 37.1 Å². The molecule has 1 aromatic carbocycles. The third-order valence-electron chi connectivity index (χ3n) is 5.06. The van der Waals surface area contributed by atoms with E-state index in [9.17, 15) is 0 Å². The lowest BCUT2D eigenvalue weighted by Gasteiger charge is -2.21. The number of hydrogen-bond acceptors (Lipinski definition) is 8. The Morgan fingerprint density at radius 1 is 1.27 bits per heavy atom. The van der Waals surface area contributed by atoms with E-state index in [1.807, 2.05) is 30.3 Å². The highest BCUT2D eigenvalue weighted by atomic mass is 16.5. The second kappa shape index (κ2) is 9.48. The van der Waals surface area contributed by atoms with Crippen LogP contribution < -0.4 is 4.74 Å². The highest BCUT2D eigenvalue weighted by Crippen LogP contribution is 2.33. The molecule has 0 radical (unpaired) electrons. The second-order valence-electron chi connectivity index (χ2n) is 7.12. The van der Waals surface area contributed by atoms with E-state index in [2.05, 4.69) is 26.1 Å². The lowest BCUT2D eigenvalue weighted by Crippen LogP contribution is -2.23. The lowest BCUT2D eigenvalue weighted by molar-refractivity contribution is 0.144.